The van der Waals surface area contributed by atoms with Gasteiger partial charge in [0, 0.05) is 23.1 Å². The van der Waals surface area contributed by atoms with E-state index in [9.17, 15) is 0 Å². The molecule has 0 aliphatic rings. The summed E-state index contributed by atoms with van der Waals surface area (Å²) >= 11 is 7.47. The Morgan fingerprint density at radius 3 is 2.35 bits per heavy atom. The fraction of sp³-hybridized carbons (Fsp3) is 0.318. The molecular formula is C22H24ClN7O3S. The second kappa shape index (κ2) is 10.3. The average Bonchev–Trinajstić information content (AvgIpc) is 3.47. The van der Waals surface area contributed by atoms with Gasteiger partial charge < -0.3 is 13.9 Å². The maximum atomic E-state index is 5.98. The summed E-state index contributed by atoms with van der Waals surface area (Å²) in [6.45, 7) is 6.07. The number of nitrogens with one attached hydrogen (secondary N) is 1. The first kappa shape index (κ1) is 23.8. The summed E-state index contributed by atoms with van der Waals surface area (Å²) < 4.78 is 21.9. The number of ether oxygens (including phenoxy) is 2. The van der Waals surface area contributed by atoms with Gasteiger partial charge in [0.05, 0.1) is 19.2 Å². The molecular weight excluding hydrogens is 478 g/mol. The summed E-state index contributed by atoms with van der Waals surface area (Å²) in [5.74, 6) is 2.90. The largest absolute Gasteiger partial charge is 0.479 e. The monoisotopic (exact) mass is 501 g/mol. The number of halogens is 1. The van der Waals surface area contributed by atoms with E-state index in [0.717, 1.165) is 11.5 Å². The SMILES string of the molecule is COc1ncnc(OC)c1-n1c(NSC(C)C(C)c2ccc(Cl)cn2)nnc1-c1ccc(C)o1. The average molecular weight is 502 g/mol. The molecule has 2 atom stereocenters. The molecule has 0 saturated carbocycles. The van der Waals surface area contributed by atoms with Crippen LogP contribution in [0.15, 0.2) is 41.2 Å². The lowest BCUT2D eigenvalue weighted by molar-refractivity contribution is 0.368. The van der Waals surface area contributed by atoms with Crippen LogP contribution in [0, 0.1) is 6.92 Å². The summed E-state index contributed by atoms with van der Waals surface area (Å²) in [5.41, 5.74) is 1.39. The van der Waals surface area contributed by atoms with Crippen molar-refractivity contribution in [1.82, 2.24) is 29.7 Å². The lowest BCUT2D eigenvalue weighted by Gasteiger charge is -2.20. The van der Waals surface area contributed by atoms with E-state index in [1.54, 1.807) is 10.8 Å². The van der Waals surface area contributed by atoms with Crippen molar-refractivity contribution in [3.63, 3.8) is 0 Å². The molecule has 0 aliphatic carbocycles. The maximum Gasteiger partial charge on any atom is 0.245 e. The van der Waals surface area contributed by atoms with E-state index in [0.29, 0.717) is 40.0 Å². The van der Waals surface area contributed by atoms with Crippen molar-refractivity contribution in [1.29, 1.82) is 0 Å². The fourth-order valence-corrected chi connectivity index (χ4v) is 4.14. The number of hydrogen-bond donors (Lipinski definition) is 1. The number of anilines is 1. The molecule has 0 spiro atoms. The van der Waals surface area contributed by atoms with E-state index < -0.39 is 0 Å². The second-order valence-electron chi connectivity index (χ2n) is 7.45. The van der Waals surface area contributed by atoms with Gasteiger partial charge in [0.1, 0.15) is 12.1 Å². The van der Waals surface area contributed by atoms with Gasteiger partial charge in [-0.1, -0.05) is 25.4 Å². The normalized spacial score (nSPS) is 12.9. The molecule has 4 rings (SSSR count). The standard InChI is InChI=1S/C22H24ClN7O3S/c1-12-6-9-17(33-12)19-27-28-22(30(19)18-20(31-4)25-11-26-21(18)32-5)29-34-14(3)13(2)16-8-7-15(23)10-24-16/h6-11,13-14H,1-5H3,(H,28,29). The Bertz CT molecular complexity index is 1240. The Morgan fingerprint density at radius 2 is 1.76 bits per heavy atom. The van der Waals surface area contributed by atoms with Crippen molar-refractivity contribution in [2.75, 3.05) is 18.9 Å². The molecule has 4 heterocycles. The van der Waals surface area contributed by atoms with Crippen molar-refractivity contribution in [3.05, 3.63) is 53.3 Å². The number of methoxy groups -OCH3 is 2. The predicted molar refractivity (Wildman–Crippen MR) is 131 cm³/mol. The predicted octanol–water partition coefficient (Wildman–Crippen LogP) is 4.94. The highest BCUT2D eigenvalue weighted by Gasteiger charge is 2.26. The molecule has 4 aromatic rings. The first-order chi connectivity index (χ1) is 16.4. The van der Waals surface area contributed by atoms with Crippen LogP contribution in [0.25, 0.3) is 17.3 Å². The molecule has 34 heavy (non-hydrogen) atoms. The van der Waals surface area contributed by atoms with Crippen LogP contribution < -0.4 is 14.2 Å². The molecule has 1 N–H and O–H groups in total. The lowest BCUT2D eigenvalue weighted by atomic mass is 10.0. The molecule has 2 unspecified atom stereocenters. The van der Waals surface area contributed by atoms with Crippen LogP contribution in [0.3, 0.4) is 0 Å². The summed E-state index contributed by atoms with van der Waals surface area (Å²) in [7, 11) is 3.05. The highest BCUT2D eigenvalue weighted by Crippen LogP contribution is 2.37. The third-order valence-corrected chi connectivity index (χ3v) is 6.55. The quantitative estimate of drug-likeness (QED) is 0.316. The van der Waals surface area contributed by atoms with Crippen LogP contribution in [0.1, 0.15) is 31.2 Å². The minimum atomic E-state index is 0.129. The van der Waals surface area contributed by atoms with E-state index in [-0.39, 0.29) is 11.2 Å². The third-order valence-electron chi connectivity index (χ3n) is 5.25. The zero-order valence-electron chi connectivity index (χ0n) is 19.3. The molecule has 178 valence electrons. The van der Waals surface area contributed by atoms with Crippen LogP contribution in [0.5, 0.6) is 11.8 Å². The lowest BCUT2D eigenvalue weighted by Crippen LogP contribution is -2.14. The van der Waals surface area contributed by atoms with Gasteiger partial charge in [-0.15, -0.1) is 10.2 Å². The minimum Gasteiger partial charge on any atom is -0.479 e. The Labute approximate surface area is 206 Å². The van der Waals surface area contributed by atoms with Crippen LogP contribution in [-0.2, 0) is 0 Å². The highest BCUT2D eigenvalue weighted by atomic mass is 35.5. The van der Waals surface area contributed by atoms with Gasteiger partial charge in [-0.3, -0.25) is 9.71 Å². The molecule has 0 fully saturated rings. The Balaban J connectivity index is 1.70. The zero-order valence-corrected chi connectivity index (χ0v) is 20.9. The molecule has 0 aromatic carbocycles. The van der Waals surface area contributed by atoms with E-state index in [2.05, 4.69) is 43.7 Å². The van der Waals surface area contributed by atoms with Gasteiger partial charge in [-0.05, 0) is 43.1 Å². The Hall–Kier alpha value is -3.31. The molecule has 0 aliphatic heterocycles. The molecule has 0 bridgehead atoms. The Morgan fingerprint density at radius 1 is 1.03 bits per heavy atom. The highest BCUT2D eigenvalue weighted by molar-refractivity contribution is 8.01. The van der Waals surface area contributed by atoms with Gasteiger partial charge in [-0.25, -0.2) is 4.57 Å². The summed E-state index contributed by atoms with van der Waals surface area (Å²) in [5, 5.41) is 9.47. The smallest absolute Gasteiger partial charge is 0.245 e. The van der Waals surface area contributed by atoms with Gasteiger partial charge >= 0.3 is 0 Å². The van der Waals surface area contributed by atoms with Crippen molar-refractivity contribution in [3.8, 4) is 29.0 Å². The molecule has 0 amide bonds. The van der Waals surface area contributed by atoms with Crippen molar-refractivity contribution >= 4 is 29.5 Å². The van der Waals surface area contributed by atoms with E-state index in [4.69, 9.17) is 25.5 Å². The number of aryl methyl sites for hydroxylation is 1. The first-order valence-electron chi connectivity index (χ1n) is 10.4. The van der Waals surface area contributed by atoms with Crippen molar-refractivity contribution < 1.29 is 13.9 Å². The topological polar surface area (TPSA) is 113 Å². The molecule has 0 saturated heterocycles. The summed E-state index contributed by atoms with van der Waals surface area (Å²) in [6, 6.07) is 7.45. The van der Waals surface area contributed by atoms with Gasteiger partial charge in [-0.2, -0.15) is 9.97 Å². The second-order valence-corrected chi connectivity index (χ2v) is 9.07. The number of nitrogens with zero attached hydrogens (tertiary/aromatic N) is 6. The first-order valence-corrected chi connectivity index (χ1v) is 11.7. The fourth-order valence-electron chi connectivity index (χ4n) is 3.26. The summed E-state index contributed by atoms with van der Waals surface area (Å²) in [4.78, 5) is 12.9. The number of pyridine rings is 1. The maximum absolute atomic E-state index is 5.98. The van der Waals surface area contributed by atoms with Crippen molar-refractivity contribution in [2.45, 2.75) is 31.9 Å². The van der Waals surface area contributed by atoms with Crippen LogP contribution in [-0.4, -0.2) is 49.2 Å². The van der Waals surface area contributed by atoms with Crippen LogP contribution in [0.4, 0.5) is 5.95 Å². The van der Waals surface area contributed by atoms with E-state index in [1.807, 2.05) is 31.2 Å². The number of hydrogen-bond acceptors (Lipinski definition) is 10. The van der Waals surface area contributed by atoms with Gasteiger partial charge in [0.15, 0.2) is 11.4 Å². The third kappa shape index (κ3) is 4.80. The zero-order chi connectivity index (χ0) is 24.2. The summed E-state index contributed by atoms with van der Waals surface area (Å²) in [6.07, 6.45) is 3.02. The van der Waals surface area contributed by atoms with Crippen LogP contribution in [0.2, 0.25) is 5.02 Å². The number of furan rings is 1. The molecule has 0 radical (unpaired) electrons. The van der Waals surface area contributed by atoms with E-state index >= 15 is 0 Å². The van der Waals surface area contributed by atoms with Crippen LogP contribution >= 0.6 is 23.5 Å². The van der Waals surface area contributed by atoms with Gasteiger partial charge in [0.2, 0.25) is 23.5 Å². The number of rotatable bonds is 9. The number of aromatic nitrogens is 6. The minimum absolute atomic E-state index is 0.129. The van der Waals surface area contributed by atoms with Crippen molar-refractivity contribution in [2.24, 2.45) is 0 Å². The molecule has 12 heteroatoms. The van der Waals surface area contributed by atoms with Gasteiger partial charge in [0.25, 0.3) is 0 Å². The Kier molecular flexibility index (Phi) is 7.23. The molecule has 4 aromatic heterocycles. The molecule has 10 nitrogen and oxygen atoms in total. The van der Waals surface area contributed by atoms with E-state index in [1.165, 1.54) is 32.5 Å².